The van der Waals surface area contributed by atoms with Crippen LogP contribution < -0.4 is 10.2 Å². The van der Waals surface area contributed by atoms with Crippen molar-refractivity contribution in [2.24, 2.45) is 5.92 Å². The monoisotopic (exact) mass is 338 g/mol. The molecule has 2 N–H and O–H groups in total. The van der Waals surface area contributed by atoms with Gasteiger partial charge in [0.25, 0.3) is 0 Å². The summed E-state index contributed by atoms with van der Waals surface area (Å²) in [5, 5.41) is 10.6. The molecule has 1 saturated heterocycles. The van der Waals surface area contributed by atoms with E-state index >= 15 is 0 Å². The molecule has 0 bridgehead atoms. The average Bonchev–Trinajstić information content (AvgIpc) is 3.22. The molecule has 3 aromatic rings. The van der Waals surface area contributed by atoms with Gasteiger partial charge in [0.1, 0.15) is 5.82 Å². The molecular weight excluding hydrogens is 323 g/mol. The summed E-state index contributed by atoms with van der Waals surface area (Å²) in [6, 6.07) is 11.1. The lowest BCUT2D eigenvalue weighted by Crippen LogP contribution is -2.28. The molecule has 6 nitrogen and oxygen atoms in total. The second-order valence-electron chi connectivity index (χ2n) is 6.04. The molecule has 1 aliphatic rings. The molecule has 1 aliphatic heterocycles. The van der Waals surface area contributed by atoms with Gasteiger partial charge in [0.05, 0.1) is 17.6 Å². The lowest BCUT2D eigenvalue weighted by Gasteiger charge is -2.16. The summed E-state index contributed by atoms with van der Waals surface area (Å²) < 4.78 is 13.0. The molecule has 1 aromatic heterocycles. The van der Waals surface area contributed by atoms with E-state index in [1.54, 1.807) is 30.5 Å². The predicted molar refractivity (Wildman–Crippen MR) is 91.6 cm³/mol. The molecule has 0 aliphatic carbocycles. The molecule has 4 rings (SSSR count). The Bertz CT molecular complexity index is 951. The average molecular weight is 338 g/mol. The minimum atomic E-state index is -0.449. The zero-order valence-corrected chi connectivity index (χ0v) is 13.2. The van der Waals surface area contributed by atoms with Gasteiger partial charge in [-0.2, -0.15) is 5.10 Å². The number of carbonyl (C=O) groups excluding carboxylic acids is 2. The molecule has 126 valence electrons. The second kappa shape index (κ2) is 6.01. The lowest BCUT2D eigenvalue weighted by molar-refractivity contribution is -0.122. The Morgan fingerprint density at radius 3 is 2.84 bits per heavy atom. The topological polar surface area (TPSA) is 78.1 Å². The molecule has 2 aromatic carbocycles. The molecule has 0 radical (unpaired) electrons. The minimum absolute atomic E-state index is 0.134. The fraction of sp³-hybridized carbons (Fsp3) is 0.167. The summed E-state index contributed by atoms with van der Waals surface area (Å²) in [7, 11) is 0. The van der Waals surface area contributed by atoms with Crippen molar-refractivity contribution in [2.45, 2.75) is 6.42 Å². The van der Waals surface area contributed by atoms with Crippen LogP contribution in [0.15, 0.2) is 48.7 Å². The van der Waals surface area contributed by atoms with E-state index in [1.807, 2.05) is 6.07 Å². The molecule has 0 saturated carbocycles. The van der Waals surface area contributed by atoms with Crippen LogP contribution >= 0.6 is 0 Å². The first-order valence-corrected chi connectivity index (χ1v) is 7.90. The van der Waals surface area contributed by atoms with Gasteiger partial charge in [-0.1, -0.05) is 0 Å². The van der Waals surface area contributed by atoms with Crippen molar-refractivity contribution in [3.8, 4) is 0 Å². The molecule has 0 unspecified atom stereocenters. The van der Waals surface area contributed by atoms with Crippen molar-refractivity contribution in [1.29, 1.82) is 0 Å². The molecule has 0 spiro atoms. The Labute approximate surface area is 142 Å². The highest BCUT2D eigenvalue weighted by atomic mass is 19.1. The molecule has 7 heteroatoms. The van der Waals surface area contributed by atoms with Gasteiger partial charge in [0.2, 0.25) is 11.8 Å². The van der Waals surface area contributed by atoms with Gasteiger partial charge in [-0.15, -0.1) is 0 Å². The summed E-state index contributed by atoms with van der Waals surface area (Å²) in [5.74, 6) is -1.17. The van der Waals surface area contributed by atoms with E-state index in [2.05, 4.69) is 15.5 Å². The molecule has 2 amide bonds. The van der Waals surface area contributed by atoms with Gasteiger partial charge >= 0.3 is 0 Å². The smallest absolute Gasteiger partial charge is 0.229 e. The van der Waals surface area contributed by atoms with Crippen LogP contribution in [0.25, 0.3) is 10.9 Å². The molecular formula is C18H15FN4O2. The third-order valence-electron chi connectivity index (χ3n) is 4.34. The Morgan fingerprint density at radius 2 is 2.04 bits per heavy atom. The Balaban J connectivity index is 1.47. The van der Waals surface area contributed by atoms with Gasteiger partial charge in [-0.05, 0) is 42.5 Å². The fourth-order valence-corrected chi connectivity index (χ4v) is 3.01. The lowest BCUT2D eigenvalue weighted by atomic mass is 10.1. The molecule has 1 fully saturated rings. The summed E-state index contributed by atoms with van der Waals surface area (Å²) in [4.78, 5) is 26.2. The largest absolute Gasteiger partial charge is 0.326 e. The van der Waals surface area contributed by atoms with Crippen LogP contribution in [0.1, 0.15) is 6.42 Å². The van der Waals surface area contributed by atoms with Crippen LogP contribution in [0, 0.1) is 11.7 Å². The van der Waals surface area contributed by atoms with E-state index in [1.165, 1.54) is 17.0 Å². The van der Waals surface area contributed by atoms with Gasteiger partial charge in [-0.3, -0.25) is 14.7 Å². The highest BCUT2D eigenvalue weighted by Gasteiger charge is 2.35. The van der Waals surface area contributed by atoms with Crippen molar-refractivity contribution < 1.29 is 14.0 Å². The Kier molecular flexibility index (Phi) is 3.68. The highest BCUT2D eigenvalue weighted by Crippen LogP contribution is 2.26. The van der Waals surface area contributed by atoms with E-state index in [4.69, 9.17) is 0 Å². The van der Waals surface area contributed by atoms with Gasteiger partial charge in [-0.25, -0.2) is 4.39 Å². The van der Waals surface area contributed by atoms with Crippen molar-refractivity contribution in [1.82, 2.24) is 10.2 Å². The first kappa shape index (κ1) is 15.3. The van der Waals surface area contributed by atoms with Crippen molar-refractivity contribution in [3.63, 3.8) is 0 Å². The number of hydrogen-bond donors (Lipinski definition) is 2. The normalized spacial score (nSPS) is 17.2. The number of benzene rings is 2. The van der Waals surface area contributed by atoms with Gasteiger partial charge in [0, 0.05) is 29.7 Å². The number of aromatic nitrogens is 2. The van der Waals surface area contributed by atoms with Crippen LogP contribution in [0.2, 0.25) is 0 Å². The SMILES string of the molecule is O=C(Nc1ccc2cn[nH]c2c1)[C@@H]1CC(=O)N(c2ccc(F)cc2)C1. The number of amides is 2. The molecule has 2 heterocycles. The third-order valence-corrected chi connectivity index (χ3v) is 4.34. The summed E-state index contributed by atoms with van der Waals surface area (Å²) in [6.45, 7) is 0.280. The van der Waals surface area contributed by atoms with Gasteiger partial charge < -0.3 is 10.2 Å². The number of rotatable bonds is 3. The Morgan fingerprint density at radius 1 is 1.24 bits per heavy atom. The number of H-pyrrole nitrogens is 1. The zero-order valence-electron chi connectivity index (χ0n) is 13.2. The number of aromatic amines is 1. The first-order valence-electron chi connectivity index (χ1n) is 7.90. The quantitative estimate of drug-likeness (QED) is 0.771. The van der Waals surface area contributed by atoms with Crippen LogP contribution in [0.3, 0.4) is 0 Å². The summed E-state index contributed by atoms with van der Waals surface area (Å²) in [5.41, 5.74) is 2.07. The van der Waals surface area contributed by atoms with Crippen molar-refractivity contribution in [3.05, 3.63) is 54.5 Å². The number of carbonyl (C=O) groups is 2. The zero-order chi connectivity index (χ0) is 17.4. The maximum absolute atomic E-state index is 13.0. The van der Waals surface area contributed by atoms with Gasteiger partial charge in [0.15, 0.2) is 0 Å². The number of halogens is 1. The van der Waals surface area contributed by atoms with Crippen molar-refractivity contribution in [2.75, 3.05) is 16.8 Å². The second-order valence-corrected chi connectivity index (χ2v) is 6.04. The maximum Gasteiger partial charge on any atom is 0.229 e. The summed E-state index contributed by atoms with van der Waals surface area (Å²) >= 11 is 0. The van der Waals surface area contributed by atoms with Crippen LogP contribution in [-0.4, -0.2) is 28.6 Å². The fourth-order valence-electron chi connectivity index (χ4n) is 3.01. The number of hydrogen-bond acceptors (Lipinski definition) is 3. The first-order chi connectivity index (χ1) is 12.1. The van der Waals surface area contributed by atoms with Crippen molar-refractivity contribution >= 4 is 34.1 Å². The minimum Gasteiger partial charge on any atom is -0.326 e. The van der Waals surface area contributed by atoms with E-state index in [-0.39, 0.29) is 30.6 Å². The third kappa shape index (κ3) is 2.96. The van der Waals surface area contributed by atoms with E-state index < -0.39 is 5.92 Å². The summed E-state index contributed by atoms with van der Waals surface area (Å²) in [6.07, 6.45) is 1.84. The number of nitrogens with zero attached hydrogens (tertiary/aromatic N) is 2. The molecule has 1 atom stereocenters. The predicted octanol–water partition coefficient (Wildman–Crippen LogP) is 2.69. The van der Waals surface area contributed by atoms with E-state index in [0.717, 1.165) is 10.9 Å². The van der Waals surface area contributed by atoms with Crippen LogP contribution in [0.4, 0.5) is 15.8 Å². The number of fused-ring (bicyclic) bond motifs is 1. The standard InChI is InChI=1S/C18H15FN4O2/c19-13-2-5-15(6-3-13)23-10-12(7-17(23)24)18(25)21-14-4-1-11-9-20-22-16(11)8-14/h1-6,8-9,12H,7,10H2,(H,20,22)(H,21,25)/t12-/m1/s1. The molecule has 25 heavy (non-hydrogen) atoms. The highest BCUT2D eigenvalue weighted by molar-refractivity contribution is 6.04. The van der Waals surface area contributed by atoms with E-state index in [0.29, 0.717) is 11.4 Å². The number of anilines is 2. The van der Waals surface area contributed by atoms with Crippen LogP contribution in [-0.2, 0) is 9.59 Å². The Hall–Kier alpha value is -3.22. The van der Waals surface area contributed by atoms with Crippen LogP contribution in [0.5, 0.6) is 0 Å². The number of nitrogens with one attached hydrogen (secondary N) is 2. The van der Waals surface area contributed by atoms with E-state index in [9.17, 15) is 14.0 Å². The maximum atomic E-state index is 13.0.